The molecule has 1 aliphatic rings. The molecule has 0 spiro atoms. The Balaban J connectivity index is 1.79. The Morgan fingerprint density at radius 3 is 2.67 bits per heavy atom. The maximum Gasteiger partial charge on any atom is 0.218 e. The number of thiophene rings is 1. The Kier molecular flexibility index (Phi) is 4.20. The molecule has 0 atom stereocenters. The van der Waals surface area contributed by atoms with E-state index >= 15 is 0 Å². The first-order valence-electron chi connectivity index (χ1n) is 8.23. The van der Waals surface area contributed by atoms with E-state index in [1.807, 2.05) is 30.5 Å². The Labute approximate surface area is 146 Å². The summed E-state index contributed by atoms with van der Waals surface area (Å²) < 4.78 is 28.5. The number of fused-ring (bicyclic) bond motifs is 1. The van der Waals surface area contributed by atoms with Gasteiger partial charge < -0.3 is 9.88 Å². The second-order valence-corrected chi connectivity index (χ2v) is 9.38. The van der Waals surface area contributed by atoms with Gasteiger partial charge in [-0.3, -0.25) is 0 Å². The molecule has 1 fully saturated rings. The normalized spacial score (nSPS) is 16.7. The topological polar surface area (TPSA) is 51.1 Å². The lowest BCUT2D eigenvalue weighted by Gasteiger charge is -2.23. The van der Waals surface area contributed by atoms with Gasteiger partial charge in [0.1, 0.15) is 4.21 Å². The smallest absolute Gasteiger partial charge is 0.218 e. The van der Waals surface area contributed by atoms with Crippen molar-refractivity contribution in [2.75, 3.05) is 13.1 Å². The van der Waals surface area contributed by atoms with E-state index in [0.717, 1.165) is 43.4 Å². The molecule has 0 aliphatic carbocycles. The van der Waals surface area contributed by atoms with Gasteiger partial charge in [0.2, 0.25) is 9.84 Å². The average molecular weight is 361 g/mol. The van der Waals surface area contributed by atoms with Crippen LogP contribution in [-0.2, 0) is 16.4 Å². The summed E-state index contributed by atoms with van der Waals surface area (Å²) in [5.41, 5.74) is 1.01. The molecule has 0 saturated carbocycles. The molecule has 2 aromatic heterocycles. The third kappa shape index (κ3) is 2.79. The number of aromatic nitrogens is 1. The molecule has 4 nitrogen and oxygen atoms in total. The standard InChI is InChI=1S/C18H20N2O2S2/c21-24(22,18-6-3-11-23-18)17-13-20(12-14-7-9-19-10-8-14)16-5-2-1-4-15(16)17/h1-6,11,13-14,19H,7-10,12H2. The molecule has 4 rings (SSSR count). The van der Waals surface area contributed by atoms with E-state index in [9.17, 15) is 8.42 Å². The number of sulfone groups is 1. The van der Waals surface area contributed by atoms with Crippen molar-refractivity contribution < 1.29 is 8.42 Å². The average Bonchev–Trinajstić information content (AvgIpc) is 3.25. The van der Waals surface area contributed by atoms with Crippen LogP contribution in [0.25, 0.3) is 10.9 Å². The number of rotatable bonds is 4. The van der Waals surface area contributed by atoms with Crippen molar-refractivity contribution in [3.8, 4) is 0 Å². The van der Waals surface area contributed by atoms with Gasteiger partial charge in [-0.25, -0.2) is 8.42 Å². The van der Waals surface area contributed by atoms with Gasteiger partial charge in [0.15, 0.2) is 0 Å². The van der Waals surface area contributed by atoms with E-state index < -0.39 is 9.84 Å². The van der Waals surface area contributed by atoms with E-state index in [1.165, 1.54) is 11.3 Å². The van der Waals surface area contributed by atoms with Gasteiger partial charge in [0, 0.05) is 23.6 Å². The highest BCUT2D eigenvalue weighted by Gasteiger charge is 2.25. The molecule has 0 bridgehead atoms. The second kappa shape index (κ2) is 6.35. The number of hydrogen-bond acceptors (Lipinski definition) is 4. The van der Waals surface area contributed by atoms with Crippen LogP contribution in [0.3, 0.4) is 0 Å². The van der Waals surface area contributed by atoms with Crippen LogP contribution in [0, 0.1) is 5.92 Å². The summed E-state index contributed by atoms with van der Waals surface area (Å²) in [6, 6.07) is 11.3. The minimum atomic E-state index is -3.46. The minimum absolute atomic E-state index is 0.410. The van der Waals surface area contributed by atoms with Gasteiger partial charge in [0.25, 0.3) is 0 Å². The lowest BCUT2D eigenvalue weighted by molar-refractivity contribution is 0.336. The Morgan fingerprint density at radius 2 is 1.92 bits per heavy atom. The number of hydrogen-bond donors (Lipinski definition) is 1. The van der Waals surface area contributed by atoms with Crippen LogP contribution in [0.15, 0.2) is 57.1 Å². The maximum absolute atomic E-state index is 13.0. The van der Waals surface area contributed by atoms with E-state index in [2.05, 4.69) is 9.88 Å². The van der Waals surface area contributed by atoms with Crippen molar-refractivity contribution >= 4 is 32.1 Å². The first-order valence-corrected chi connectivity index (χ1v) is 10.6. The molecule has 0 radical (unpaired) electrons. The molecule has 1 aliphatic heterocycles. The molecule has 1 aromatic carbocycles. The first-order chi connectivity index (χ1) is 11.7. The molecule has 6 heteroatoms. The lowest BCUT2D eigenvalue weighted by atomic mass is 9.98. The number of nitrogens with zero attached hydrogens (tertiary/aromatic N) is 1. The van der Waals surface area contributed by atoms with Gasteiger partial charge in [-0.15, -0.1) is 11.3 Å². The summed E-state index contributed by atoms with van der Waals surface area (Å²) in [5, 5.41) is 6.01. The molecule has 1 N–H and O–H groups in total. The zero-order valence-corrected chi connectivity index (χ0v) is 14.9. The predicted octanol–water partition coefficient (Wildman–Crippen LogP) is 3.54. The van der Waals surface area contributed by atoms with Crippen LogP contribution in [0.2, 0.25) is 0 Å². The van der Waals surface area contributed by atoms with E-state index in [1.54, 1.807) is 17.5 Å². The molecule has 3 aromatic rings. The second-order valence-electron chi connectivity index (χ2n) is 6.29. The van der Waals surface area contributed by atoms with E-state index in [4.69, 9.17) is 0 Å². The van der Waals surface area contributed by atoms with E-state index in [-0.39, 0.29) is 0 Å². The van der Waals surface area contributed by atoms with Crippen LogP contribution in [0.1, 0.15) is 12.8 Å². The summed E-state index contributed by atoms with van der Waals surface area (Å²) >= 11 is 1.27. The predicted molar refractivity (Wildman–Crippen MR) is 97.3 cm³/mol. The third-order valence-corrected chi connectivity index (χ3v) is 7.89. The molecule has 3 heterocycles. The number of benzene rings is 1. The van der Waals surface area contributed by atoms with Gasteiger partial charge in [-0.1, -0.05) is 24.3 Å². The van der Waals surface area contributed by atoms with Crippen molar-refractivity contribution in [1.82, 2.24) is 9.88 Å². The highest BCUT2D eigenvalue weighted by Crippen LogP contribution is 2.33. The lowest BCUT2D eigenvalue weighted by Crippen LogP contribution is -2.29. The van der Waals surface area contributed by atoms with Crippen LogP contribution in [0.4, 0.5) is 0 Å². The Morgan fingerprint density at radius 1 is 1.12 bits per heavy atom. The van der Waals surface area contributed by atoms with Gasteiger partial charge >= 0.3 is 0 Å². The third-order valence-electron chi connectivity index (χ3n) is 4.72. The van der Waals surface area contributed by atoms with E-state index in [0.29, 0.717) is 15.0 Å². The van der Waals surface area contributed by atoms with Crippen LogP contribution in [0.5, 0.6) is 0 Å². The fraction of sp³-hybridized carbons (Fsp3) is 0.333. The van der Waals surface area contributed by atoms with Crippen molar-refractivity contribution in [2.45, 2.75) is 28.5 Å². The summed E-state index contributed by atoms with van der Waals surface area (Å²) in [5.74, 6) is 0.597. The SMILES string of the molecule is O=S(=O)(c1cccs1)c1cn(CC2CCNCC2)c2ccccc12. The highest BCUT2D eigenvalue weighted by atomic mass is 32.2. The van der Waals surface area contributed by atoms with Gasteiger partial charge in [-0.2, -0.15) is 0 Å². The molecule has 24 heavy (non-hydrogen) atoms. The minimum Gasteiger partial charge on any atom is -0.346 e. The van der Waals surface area contributed by atoms with Gasteiger partial charge in [0.05, 0.1) is 4.90 Å². The fourth-order valence-electron chi connectivity index (χ4n) is 3.45. The summed E-state index contributed by atoms with van der Waals surface area (Å²) in [6.07, 6.45) is 4.11. The Bertz CT molecular complexity index is 937. The molecule has 0 amide bonds. The maximum atomic E-state index is 13.0. The van der Waals surface area contributed by atoms with Crippen molar-refractivity contribution in [3.05, 3.63) is 48.0 Å². The molecular formula is C18H20N2O2S2. The van der Waals surface area contributed by atoms with Crippen LogP contribution >= 0.6 is 11.3 Å². The number of piperidine rings is 1. The van der Waals surface area contributed by atoms with Crippen molar-refractivity contribution in [3.63, 3.8) is 0 Å². The molecule has 126 valence electrons. The number of nitrogens with one attached hydrogen (secondary N) is 1. The summed E-state index contributed by atoms with van der Waals surface area (Å²) in [7, 11) is -3.46. The summed E-state index contributed by atoms with van der Waals surface area (Å²) in [4.78, 5) is 0.425. The highest BCUT2D eigenvalue weighted by molar-refractivity contribution is 7.93. The number of para-hydroxylation sites is 1. The zero-order chi connectivity index (χ0) is 16.6. The van der Waals surface area contributed by atoms with Gasteiger partial charge in [-0.05, 0) is 49.4 Å². The largest absolute Gasteiger partial charge is 0.346 e. The van der Waals surface area contributed by atoms with Crippen LogP contribution in [-0.4, -0.2) is 26.1 Å². The van der Waals surface area contributed by atoms with Crippen molar-refractivity contribution in [1.29, 1.82) is 0 Å². The monoisotopic (exact) mass is 360 g/mol. The van der Waals surface area contributed by atoms with Crippen LogP contribution < -0.4 is 5.32 Å². The van der Waals surface area contributed by atoms with Crippen molar-refractivity contribution in [2.24, 2.45) is 5.92 Å². The molecular weight excluding hydrogens is 340 g/mol. The molecule has 0 unspecified atom stereocenters. The first kappa shape index (κ1) is 15.9. The quantitative estimate of drug-likeness (QED) is 0.774. The zero-order valence-electron chi connectivity index (χ0n) is 13.3. The summed E-state index contributed by atoms with van der Waals surface area (Å²) in [6.45, 7) is 2.97. The molecule has 1 saturated heterocycles. The Hall–Kier alpha value is -1.63. The fourth-order valence-corrected chi connectivity index (χ4v) is 6.04.